The van der Waals surface area contributed by atoms with Crippen LogP contribution in [0, 0.1) is 5.82 Å². The Bertz CT molecular complexity index is 906. The maximum absolute atomic E-state index is 13.8. The van der Waals surface area contributed by atoms with Crippen molar-refractivity contribution < 1.29 is 9.18 Å². The van der Waals surface area contributed by atoms with E-state index in [1.54, 1.807) is 12.1 Å². The van der Waals surface area contributed by atoms with E-state index in [1.807, 2.05) is 16.8 Å². The summed E-state index contributed by atoms with van der Waals surface area (Å²) in [5, 5.41) is 2.79. The summed E-state index contributed by atoms with van der Waals surface area (Å²) in [6.07, 6.45) is 4.31. The second kappa shape index (κ2) is 6.18. The Morgan fingerprint density at radius 2 is 2.22 bits per heavy atom. The minimum atomic E-state index is -0.511. The van der Waals surface area contributed by atoms with Gasteiger partial charge in [0.2, 0.25) is 5.91 Å². The topological polar surface area (TPSA) is 59.8 Å². The van der Waals surface area contributed by atoms with E-state index in [4.69, 9.17) is 11.6 Å². The Kier molecular flexibility index (Phi) is 4.08. The molecule has 7 heteroatoms. The average molecular weight is 331 g/mol. The summed E-state index contributed by atoms with van der Waals surface area (Å²) >= 11 is 6.11. The molecule has 0 aliphatic heterocycles. The molecular weight excluding hydrogens is 319 g/mol. The number of anilines is 1. The molecule has 0 aliphatic carbocycles. The number of hydrogen-bond acceptors (Lipinski definition) is 3. The Morgan fingerprint density at radius 3 is 3.00 bits per heavy atom. The monoisotopic (exact) mass is 330 g/mol. The van der Waals surface area contributed by atoms with E-state index < -0.39 is 11.7 Å². The zero-order valence-electron chi connectivity index (χ0n) is 12.0. The summed E-state index contributed by atoms with van der Waals surface area (Å²) in [5.41, 5.74) is 2.33. The van der Waals surface area contributed by atoms with Crippen molar-refractivity contribution >= 4 is 34.2 Å². The van der Waals surface area contributed by atoms with Crippen LogP contribution in [0.25, 0.3) is 11.0 Å². The highest BCUT2D eigenvalue weighted by molar-refractivity contribution is 6.33. The summed E-state index contributed by atoms with van der Waals surface area (Å²) < 4.78 is 15.6. The molecule has 0 spiro atoms. The van der Waals surface area contributed by atoms with Crippen LogP contribution >= 0.6 is 11.6 Å². The Labute approximate surface area is 136 Å². The van der Waals surface area contributed by atoms with E-state index in [-0.39, 0.29) is 5.69 Å². The second-order valence-electron chi connectivity index (χ2n) is 4.85. The molecule has 0 atom stereocenters. The van der Waals surface area contributed by atoms with Crippen molar-refractivity contribution in [1.29, 1.82) is 0 Å². The van der Waals surface area contributed by atoms with Crippen molar-refractivity contribution in [2.75, 3.05) is 5.32 Å². The number of hydrogen-bond donors (Lipinski definition) is 1. The fourth-order valence-corrected chi connectivity index (χ4v) is 2.52. The predicted octanol–water partition coefficient (Wildman–Crippen LogP) is 3.40. The molecular formula is C16H12ClFN4O. The summed E-state index contributed by atoms with van der Waals surface area (Å²) in [6, 6.07) is 6.34. The van der Waals surface area contributed by atoms with Crippen molar-refractivity contribution in [3.05, 3.63) is 66.0 Å². The van der Waals surface area contributed by atoms with E-state index >= 15 is 0 Å². The summed E-state index contributed by atoms with van der Waals surface area (Å²) in [7, 11) is 0. The van der Waals surface area contributed by atoms with Crippen molar-refractivity contribution in [3.63, 3.8) is 0 Å². The SMILES string of the molecule is C=CC(=O)Nc1cc(Cn2ccc3ncnc(Cl)c32)ccc1F. The van der Waals surface area contributed by atoms with Crippen molar-refractivity contribution in [2.24, 2.45) is 0 Å². The molecule has 2 heterocycles. The lowest BCUT2D eigenvalue weighted by molar-refractivity contribution is -0.111. The fraction of sp³-hybridized carbons (Fsp3) is 0.0625. The Hall–Kier alpha value is -2.73. The molecule has 0 aliphatic rings. The first-order chi connectivity index (χ1) is 11.1. The third-order valence-corrected chi connectivity index (χ3v) is 3.61. The number of carbonyl (C=O) groups excluding carboxylic acids is 1. The average Bonchev–Trinajstić information content (AvgIpc) is 2.95. The van der Waals surface area contributed by atoms with Crippen LogP contribution < -0.4 is 5.32 Å². The molecule has 0 radical (unpaired) electrons. The number of nitrogens with one attached hydrogen (secondary N) is 1. The van der Waals surface area contributed by atoms with Gasteiger partial charge in [0.05, 0.1) is 11.2 Å². The van der Waals surface area contributed by atoms with E-state index in [2.05, 4.69) is 21.9 Å². The second-order valence-corrected chi connectivity index (χ2v) is 5.21. The zero-order valence-corrected chi connectivity index (χ0v) is 12.7. The fourth-order valence-electron chi connectivity index (χ4n) is 2.27. The van der Waals surface area contributed by atoms with Crippen LogP contribution in [0.3, 0.4) is 0 Å². The van der Waals surface area contributed by atoms with Gasteiger partial charge in [-0.05, 0) is 29.8 Å². The first kappa shape index (κ1) is 15.2. The largest absolute Gasteiger partial charge is 0.339 e. The molecule has 0 saturated heterocycles. The van der Waals surface area contributed by atoms with E-state index in [1.165, 1.54) is 12.4 Å². The van der Waals surface area contributed by atoms with Crippen LogP contribution in [-0.2, 0) is 11.3 Å². The molecule has 23 heavy (non-hydrogen) atoms. The van der Waals surface area contributed by atoms with E-state index in [0.717, 1.165) is 17.2 Å². The van der Waals surface area contributed by atoms with Crippen LogP contribution in [0.15, 0.2) is 49.4 Å². The van der Waals surface area contributed by atoms with E-state index in [9.17, 15) is 9.18 Å². The number of nitrogens with zero attached hydrogens (tertiary/aromatic N) is 3. The minimum Gasteiger partial charge on any atom is -0.339 e. The van der Waals surface area contributed by atoms with Gasteiger partial charge in [-0.2, -0.15) is 0 Å². The van der Waals surface area contributed by atoms with Crippen molar-refractivity contribution in [1.82, 2.24) is 14.5 Å². The molecule has 1 amide bonds. The first-order valence-corrected chi connectivity index (χ1v) is 7.13. The Morgan fingerprint density at radius 1 is 1.39 bits per heavy atom. The molecule has 5 nitrogen and oxygen atoms in total. The third-order valence-electron chi connectivity index (χ3n) is 3.33. The quantitative estimate of drug-likeness (QED) is 0.589. The molecule has 2 aromatic heterocycles. The highest BCUT2D eigenvalue weighted by Gasteiger charge is 2.10. The molecule has 3 rings (SSSR count). The van der Waals surface area contributed by atoms with Gasteiger partial charge in [-0.1, -0.05) is 24.2 Å². The molecule has 1 N–H and O–H groups in total. The lowest BCUT2D eigenvalue weighted by Gasteiger charge is -2.09. The summed E-state index contributed by atoms with van der Waals surface area (Å²) in [6.45, 7) is 3.78. The van der Waals surface area contributed by atoms with Gasteiger partial charge >= 0.3 is 0 Å². The number of rotatable bonds is 4. The molecule has 0 bridgehead atoms. The zero-order chi connectivity index (χ0) is 16.4. The lowest BCUT2D eigenvalue weighted by Crippen LogP contribution is -2.09. The van der Waals surface area contributed by atoms with Gasteiger partial charge in [-0.25, -0.2) is 14.4 Å². The number of benzene rings is 1. The summed E-state index contributed by atoms with van der Waals surface area (Å²) in [5.74, 6) is -0.980. The van der Waals surface area contributed by atoms with Crippen LogP contribution in [0.5, 0.6) is 0 Å². The number of carbonyl (C=O) groups is 1. The standard InChI is InChI=1S/C16H12ClFN4O/c1-2-14(23)21-13-7-10(3-4-11(13)18)8-22-6-5-12-15(22)16(17)20-9-19-12/h2-7,9H,1,8H2,(H,21,23). The van der Waals surface area contributed by atoms with Crippen LogP contribution in [0.1, 0.15) is 5.56 Å². The summed E-state index contributed by atoms with van der Waals surface area (Å²) in [4.78, 5) is 19.5. The number of fused-ring (bicyclic) bond motifs is 1. The lowest BCUT2D eigenvalue weighted by atomic mass is 10.2. The van der Waals surface area contributed by atoms with Crippen molar-refractivity contribution in [2.45, 2.75) is 6.54 Å². The minimum absolute atomic E-state index is 0.103. The number of halogens is 2. The van der Waals surface area contributed by atoms with Gasteiger partial charge < -0.3 is 9.88 Å². The van der Waals surface area contributed by atoms with Gasteiger partial charge in [0.1, 0.15) is 17.7 Å². The van der Waals surface area contributed by atoms with Crippen LogP contribution in [0.2, 0.25) is 5.15 Å². The van der Waals surface area contributed by atoms with Crippen LogP contribution in [-0.4, -0.2) is 20.4 Å². The highest BCUT2D eigenvalue weighted by atomic mass is 35.5. The number of amides is 1. The highest BCUT2D eigenvalue weighted by Crippen LogP contribution is 2.23. The van der Waals surface area contributed by atoms with Gasteiger partial charge in [0.15, 0.2) is 5.15 Å². The predicted molar refractivity (Wildman–Crippen MR) is 86.9 cm³/mol. The molecule has 0 fully saturated rings. The Balaban J connectivity index is 1.94. The normalized spacial score (nSPS) is 10.7. The van der Waals surface area contributed by atoms with E-state index in [0.29, 0.717) is 17.2 Å². The molecule has 3 aromatic rings. The molecule has 116 valence electrons. The smallest absolute Gasteiger partial charge is 0.247 e. The molecule has 0 unspecified atom stereocenters. The first-order valence-electron chi connectivity index (χ1n) is 6.75. The maximum atomic E-state index is 13.8. The molecule has 0 saturated carbocycles. The van der Waals surface area contributed by atoms with Gasteiger partial charge in [0, 0.05) is 12.7 Å². The third kappa shape index (κ3) is 3.07. The van der Waals surface area contributed by atoms with Crippen molar-refractivity contribution in [3.8, 4) is 0 Å². The van der Waals surface area contributed by atoms with Gasteiger partial charge in [0.25, 0.3) is 0 Å². The molecule has 1 aromatic carbocycles. The van der Waals surface area contributed by atoms with Gasteiger partial charge in [-0.3, -0.25) is 4.79 Å². The maximum Gasteiger partial charge on any atom is 0.247 e. The van der Waals surface area contributed by atoms with Crippen LogP contribution in [0.4, 0.5) is 10.1 Å². The van der Waals surface area contributed by atoms with Gasteiger partial charge in [-0.15, -0.1) is 0 Å². The number of aromatic nitrogens is 3.